The van der Waals surface area contributed by atoms with Gasteiger partial charge in [0.05, 0.1) is 22.8 Å². The highest BCUT2D eigenvalue weighted by molar-refractivity contribution is 6.35. The van der Waals surface area contributed by atoms with Gasteiger partial charge in [0.15, 0.2) is 5.75 Å². The second-order valence-corrected chi connectivity index (χ2v) is 4.47. The van der Waals surface area contributed by atoms with Crippen LogP contribution in [0.3, 0.4) is 0 Å². The molecule has 0 fully saturated rings. The third-order valence-electron chi connectivity index (χ3n) is 2.67. The topological polar surface area (TPSA) is 52.6 Å². The number of halogens is 1. The minimum atomic E-state index is -0.555. The summed E-state index contributed by atoms with van der Waals surface area (Å²) >= 11 is 6.09. The van der Waals surface area contributed by atoms with Gasteiger partial charge in [0.1, 0.15) is 0 Å². The maximum atomic E-state index is 12.0. The Bertz CT molecular complexity index is 653. The standard InChI is InChI=1S/C16H13ClO4/c1-2-20-16(19)12-9-6-10-13(14(12)17)21-15(18)11-7-4-3-5-8-11/h3-10H,2H2,1H3. The minimum Gasteiger partial charge on any atom is -0.462 e. The van der Waals surface area contributed by atoms with Gasteiger partial charge in [-0.25, -0.2) is 9.59 Å². The second-order valence-electron chi connectivity index (χ2n) is 4.09. The lowest BCUT2D eigenvalue weighted by molar-refractivity contribution is 0.0524. The van der Waals surface area contributed by atoms with Crippen LogP contribution in [0.15, 0.2) is 48.5 Å². The van der Waals surface area contributed by atoms with Gasteiger partial charge in [0, 0.05) is 0 Å². The van der Waals surface area contributed by atoms with Gasteiger partial charge >= 0.3 is 11.9 Å². The average molecular weight is 305 g/mol. The van der Waals surface area contributed by atoms with Gasteiger partial charge in [0.2, 0.25) is 0 Å². The molecule has 0 aliphatic heterocycles. The second kappa shape index (κ2) is 6.90. The smallest absolute Gasteiger partial charge is 0.343 e. The van der Waals surface area contributed by atoms with E-state index < -0.39 is 11.9 Å². The molecule has 0 atom stereocenters. The third kappa shape index (κ3) is 3.61. The van der Waals surface area contributed by atoms with E-state index in [1.165, 1.54) is 12.1 Å². The van der Waals surface area contributed by atoms with Crippen LogP contribution in [-0.4, -0.2) is 18.5 Å². The number of carbonyl (C=O) groups excluding carboxylic acids is 2. The molecule has 0 bridgehead atoms. The average Bonchev–Trinajstić information content (AvgIpc) is 2.50. The van der Waals surface area contributed by atoms with E-state index in [0.29, 0.717) is 5.56 Å². The molecule has 0 unspecified atom stereocenters. The van der Waals surface area contributed by atoms with Crippen LogP contribution in [0.25, 0.3) is 0 Å². The highest BCUT2D eigenvalue weighted by Crippen LogP contribution is 2.29. The first-order valence-corrected chi connectivity index (χ1v) is 6.74. The van der Waals surface area contributed by atoms with Crippen LogP contribution in [-0.2, 0) is 4.74 Å². The molecular weight excluding hydrogens is 292 g/mol. The van der Waals surface area contributed by atoms with Crippen molar-refractivity contribution in [1.82, 2.24) is 0 Å². The molecule has 5 heteroatoms. The number of esters is 2. The molecule has 2 aromatic rings. The third-order valence-corrected chi connectivity index (χ3v) is 3.06. The Morgan fingerprint density at radius 3 is 2.38 bits per heavy atom. The lowest BCUT2D eigenvalue weighted by atomic mass is 10.2. The molecule has 0 N–H and O–H groups in total. The Kier molecular flexibility index (Phi) is 4.95. The molecule has 4 nitrogen and oxygen atoms in total. The van der Waals surface area contributed by atoms with Gasteiger partial charge in [-0.3, -0.25) is 0 Å². The molecule has 0 saturated carbocycles. The Hall–Kier alpha value is -2.33. The van der Waals surface area contributed by atoms with Crippen LogP contribution >= 0.6 is 11.6 Å². The van der Waals surface area contributed by atoms with Crippen LogP contribution in [0, 0.1) is 0 Å². The molecule has 0 heterocycles. The first-order chi connectivity index (χ1) is 10.1. The van der Waals surface area contributed by atoms with E-state index in [0.717, 1.165) is 0 Å². The van der Waals surface area contributed by atoms with Gasteiger partial charge in [-0.2, -0.15) is 0 Å². The Morgan fingerprint density at radius 2 is 1.71 bits per heavy atom. The van der Waals surface area contributed by atoms with Crippen LogP contribution in [0.4, 0.5) is 0 Å². The molecule has 0 amide bonds. The molecule has 2 rings (SSSR count). The van der Waals surface area contributed by atoms with Crippen molar-refractivity contribution in [3.8, 4) is 5.75 Å². The van der Waals surface area contributed by atoms with Gasteiger partial charge in [-0.1, -0.05) is 35.9 Å². The van der Waals surface area contributed by atoms with Crippen LogP contribution in [0.2, 0.25) is 5.02 Å². The summed E-state index contributed by atoms with van der Waals surface area (Å²) in [6.45, 7) is 1.94. The van der Waals surface area contributed by atoms with Crippen molar-refractivity contribution in [3.63, 3.8) is 0 Å². The maximum absolute atomic E-state index is 12.0. The molecule has 0 saturated heterocycles. The predicted molar refractivity (Wildman–Crippen MR) is 78.8 cm³/mol. The number of ether oxygens (including phenoxy) is 2. The van der Waals surface area contributed by atoms with Crippen molar-refractivity contribution in [2.75, 3.05) is 6.61 Å². The lowest BCUT2D eigenvalue weighted by Crippen LogP contribution is -2.10. The van der Waals surface area contributed by atoms with Crippen LogP contribution in [0.1, 0.15) is 27.6 Å². The van der Waals surface area contributed by atoms with E-state index in [1.54, 1.807) is 43.3 Å². The van der Waals surface area contributed by atoms with Crippen LogP contribution in [0.5, 0.6) is 5.75 Å². The van der Waals surface area contributed by atoms with Crippen molar-refractivity contribution < 1.29 is 19.1 Å². The first kappa shape index (κ1) is 15.1. The van der Waals surface area contributed by atoms with Crippen LogP contribution < -0.4 is 4.74 Å². The van der Waals surface area contributed by atoms with Gasteiger partial charge in [-0.05, 0) is 31.2 Å². The summed E-state index contributed by atoms with van der Waals surface area (Å²) < 4.78 is 10.1. The fourth-order valence-electron chi connectivity index (χ4n) is 1.69. The zero-order valence-corrected chi connectivity index (χ0v) is 12.1. The van der Waals surface area contributed by atoms with Gasteiger partial charge in [-0.15, -0.1) is 0 Å². The quantitative estimate of drug-likeness (QED) is 0.638. The summed E-state index contributed by atoms with van der Waals surface area (Å²) in [5, 5.41) is 0.0558. The number of benzene rings is 2. The number of carbonyl (C=O) groups is 2. The Balaban J connectivity index is 2.23. The number of hydrogen-bond acceptors (Lipinski definition) is 4. The maximum Gasteiger partial charge on any atom is 0.343 e. The van der Waals surface area contributed by atoms with E-state index in [-0.39, 0.29) is 22.9 Å². The number of rotatable bonds is 4. The van der Waals surface area contributed by atoms with Crippen molar-refractivity contribution >= 4 is 23.5 Å². The van der Waals surface area contributed by atoms with E-state index in [1.807, 2.05) is 0 Å². The van der Waals surface area contributed by atoms with Gasteiger partial charge in [0.25, 0.3) is 0 Å². The highest BCUT2D eigenvalue weighted by Gasteiger charge is 2.17. The lowest BCUT2D eigenvalue weighted by Gasteiger charge is -2.09. The van der Waals surface area contributed by atoms with Crippen molar-refractivity contribution in [3.05, 3.63) is 64.7 Å². The molecule has 0 spiro atoms. The Labute approximate surface area is 127 Å². The molecule has 0 aliphatic carbocycles. The summed E-state index contributed by atoms with van der Waals surface area (Å²) in [5.74, 6) is -0.977. The summed E-state index contributed by atoms with van der Waals surface area (Å²) in [4.78, 5) is 23.7. The normalized spacial score (nSPS) is 10.0. The molecule has 2 aromatic carbocycles. The summed E-state index contributed by atoms with van der Waals surface area (Å²) in [6.07, 6.45) is 0. The van der Waals surface area contributed by atoms with Gasteiger partial charge < -0.3 is 9.47 Å². The highest BCUT2D eigenvalue weighted by atomic mass is 35.5. The molecule has 108 valence electrons. The SMILES string of the molecule is CCOC(=O)c1cccc(OC(=O)c2ccccc2)c1Cl. The van der Waals surface area contributed by atoms with Crippen molar-refractivity contribution in [1.29, 1.82) is 0 Å². The van der Waals surface area contributed by atoms with Crippen molar-refractivity contribution in [2.45, 2.75) is 6.92 Å². The van der Waals surface area contributed by atoms with E-state index >= 15 is 0 Å². The van der Waals surface area contributed by atoms with E-state index in [9.17, 15) is 9.59 Å². The largest absolute Gasteiger partial charge is 0.462 e. The molecule has 0 aromatic heterocycles. The molecule has 0 radical (unpaired) electrons. The summed E-state index contributed by atoms with van der Waals surface area (Å²) in [5.41, 5.74) is 0.562. The van der Waals surface area contributed by atoms with E-state index in [4.69, 9.17) is 21.1 Å². The molecule has 0 aliphatic rings. The summed E-state index contributed by atoms with van der Waals surface area (Å²) in [7, 11) is 0. The fraction of sp³-hybridized carbons (Fsp3) is 0.125. The fourth-order valence-corrected chi connectivity index (χ4v) is 1.93. The molecular formula is C16H13ClO4. The summed E-state index contributed by atoms with van der Waals surface area (Å²) in [6, 6.07) is 13.1. The molecule has 21 heavy (non-hydrogen) atoms. The zero-order chi connectivity index (χ0) is 15.2. The van der Waals surface area contributed by atoms with E-state index in [2.05, 4.69) is 0 Å². The zero-order valence-electron chi connectivity index (χ0n) is 11.3. The Morgan fingerprint density at radius 1 is 1.00 bits per heavy atom. The number of hydrogen-bond donors (Lipinski definition) is 0. The first-order valence-electron chi connectivity index (χ1n) is 6.36. The monoisotopic (exact) mass is 304 g/mol. The van der Waals surface area contributed by atoms with Crippen molar-refractivity contribution in [2.24, 2.45) is 0 Å². The predicted octanol–water partition coefficient (Wildman–Crippen LogP) is 3.74. The minimum absolute atomic E-state index is 0.0558.